The molecule has 4 N–H and O–H groups in total. The molecule has 0 unspecified atom stereocenters. The fourth-order valence-corrected chi connectivity index (χ4v) is 9.44. The number of aliphatic hydroxyl groups excluding tert-OH is 2. The molecule has 7 nitrogen and oxygen atoms in total. The number of halogens is 1. The van der Waals surface area contributed by atoms with Gasteiger partial charge in [0, 0.05) is 33.7 Å². The highest BCUT2D eigenvalue weighted by Gasteiger charge is 2.77. The van der Waals surface area contributed by atoms with Crippen LogP contribution < -0.4 is 5.73 Å². The van der Waals surface area contributed by atoms with Crippen LogP contribution >= 0.6 is 11.8 Å². The standard InChI is InChI=1S/C36H42FNO6S/c1-3-4-7-26(40)15-23-11-14-28-29-17-32-36(31(42)20-39,34(29,2)19-30(41)35(28,37)18-23)44-33(43-32)24-12-9-22(10-13-24)21-45-27-8-5-6-25(38)16-27/h4-10,12-13,15-16,28-30,32-33,39,41H,3,11,14,17-21,38H2,1-2H3/b7-4-,23-15-/t28-,29-,30-,32+,33+,34-,35-,36+/m0/s1. The molecule has 8 atom stereocenters. The van der Waals surface area contributed by atoms with Crippen molar-refractivity contribution in [2.24, 2.45) is 17.3 Å². The molecule has 45 heavy (non-hydrogen) atoms. The van der Waals surface area contributed by atoms with E-state index in [0.717, 1.165) is 33.9 Å². The van der Waals surface area contributed by atoms with Crippen LogP contribution in [0.3, 0.4) is 0 Å². The van der Waals surface area contributed by atoms with Gasteiger partial charge in [0.15, 0.2) is 23.5 Å². The number of carbonyl (C=O) groups is 2. The molecular weight excluding hydrogens is 593 g/mol. The number of thioether (sulfide) groups is 1. The molecule has 0 bridgehead atoms. The molecule has 240 valence electrons. The number of alkyl halides is 1. The maximum absolute atomic E-state index is 16.9. The van der Waals surface area contributed by atoms with E-state index >= 15 is 4.39 Å². The molecule has 1 saturated heterocycles. The van der Waals surface area contributed by atoms with Crippen molar-refractivity contribution < 1.29 is 33.7 Å². The van der Waals surface area contributed by atoms with Gasteiger partial charge < -0.3 is 25.4 Å². The zero-order valence-electron chi connectivity index (χ0n) is 25.8. The Balaban J connectivity index is 1.22. The Morgan fingerprint density at radius 2 is 1.96 bits per heavy atom. The van der Waals surface area contributed by atoms with Gasteiger partial charge >= 0.3 is 0 Å². The number of ketones is 2. The highest BCUT2D eigenvalue weighted by Crippen LogP contribution is 2.69. The monoisotopic (exact) mass is 635 g/mol. The van der Waals surface area contributed by atoms with Gasteiger partial charge in [0.2, 0.25) is 0 Å². The Bertz CT molecular complexity index is 1510. The molecule has 0 amide bonds. The Hall–Kier alpha value is -2.82. The lowest BCUT2D eigenvalue weighted by atomic mass is 9.51. The lowest BCUT2D eigenvalue weighted by Crippen LogP contribution is -2.65. The summed E-state index contributed by atoms with van der Waals surface area (Å²) in [5.41, 5.74) is 4.77. The Morgan fingerprint density at radius 3 is 2.67 bits per heavy atom. The normalized spacial score (nSPS) is 36.6. The SMILES string of the molecule is CC/C=C\C(=O)/C=C1/CC[C@H]2[C@@H]3C[C@H]4O[C@@H](c5ccc(CSc6cccc(N)c6)cc5)O[C@@]4(C(=O)CO)[C@@]3(C)C[C@H](O)[C@]2(F)C1. The predicted molar refractivity (Wildman–Crippen MR) is 171 cm³/mol. The average Bonchev–Trinajstić information content (AvgIpc) is 3.52. The number of anilines is 1. The van der Waals surface area contributed by atoms with Crippen molar-refractivity contribution in [1.29, 1.82) is 0 Å². The van der Waals surface area contributed by atoms with Gasteiger partial charge in [-0.1, -0.05) is 55.8 Å². The van der Waals surface area contributed by atoms with Crippen molar-refractivity contribution in [2.75, 3.05) is 12.3 Å². The number of nitrogens with two attached hydrogens (primary N) is 1. The van der Waals surface area contributed by atoms with Crippen LogP contribution in [0.1, 0.15) is 69.8 Å². The summed E-state index contributed by atoms with van der Waals surface area (Å²) in [6, 6.07) is 15.6. The fourth-order valence-electron chi connectivity index (χ4n) is 8.52. The van der Waals surface area contributed by atoms with E-state index in [1.807, 2.05) is 62.4 Å². The van der Waals surface area contributed by atoms with Gasteiger partial charge in [-0.05, 0) is 79.9 Å². The van der Waals surface area contributed by atoms with E-state index in [2.05, 4.69) is 0 Å². The second-order valence-corrected chi connectivity index (χ2v) is 14.3. The van der Waals surface area contributed by atoms with Gasteiger partial charge in [-0.2, -0.15) is 0 Å². The quantitative estimate of drug-likeness (QED) is 0.174. The summed E-state index contributed by atoms with van der Waals surface area (Å²) in [7, 11) is 0. The first kappa shape index (κ1) is 32.1. The summed E-state index contributed by atoms with van der Waals surface area (Å²) in [6.45, 7) is 3.09. The lowest BCUT2D eigenvalue weighted by Gasteiger charge is -2.57. The van der Waals surface area contributed by atoms with Crippen molar-refractivity contribution in [3.8, 4) is 0 Å². The zero-order valence-corrected chi connectivity index (χ0v) is 26.6. The molecule has 2 aromatic rings. The molecule has 3 saturated carbocycles. The summed E-state index contributed by atoms with van der Waals surface area (Å²) in [4.78, 5) is 27.1. The first-order valence-corrected chi connectivity index (χ1v) is 16.8. The number of benzene rings is 2. The molecule has 2 aromatic carbocycles. The number of fused-ring (bicyclic) bond motifs is 5. The second-order valence-electron chi connectivity index (χ2n) is 13.2. The fraction of sp³-hybridized carbons (Fsp3) is 0.500. The van der Waals surface area contributed by atoms with E-state index in [1.165, 1.54) is 12.2 Å². The highest BCUT2D eigenvalue weighted by atomic mass is 32.2. The molecular formula is C36H42FNO6S. The number of rotatable bonds is 9. The molecule has 0 radical (unpaired) electrons. The van der Waals surface area contributed by atoms with Crippen molar-refractivity contribution >= 4 is 29.0 Å². The van der Waals surface area contributed by atoms with Gasteiger partial charge in [-0.3, -0.25) is 9.59 Å². The third kappa shape index (κ3) is 5.50. The van der Waals surface area contributed by atoms with Crippen molar-refractivity contribution in [3.05, 3.63) is 83.5 Å². The number of Topliss-reactive ketones (excluding diaryl/α,β-unsaturated/α-hetero) is 1. The molecule has 4 aliphatic rings. The van der Waals surface area contributed by atoms with Crippen LogP contribution in [0, 0.1) is 17.3 Å². The smallest absolute Gasteiger partial charge is 0.193 e. The molecule has 6 rings (SSSR count). The van der Waals surface area contributed by atoms with Gasteiger partial charge in [0.25, 0.3) is 0 Å². The van der Waals surface area contributed by atoms with Crippen LogP contribution in [-0.4, -0.2) is 51.9 Å². The minimum atomic E-state index is -1.93. The maximum atomic E-state index is 16.9. The lowest BCUT2D eigenvalue weighted by molar-refractivity contribution is -0.214. The van der Waals surface area contributed by atoms with Crippen LogP contribution in [0.2, 0.25) is 0 Å². The number of nitrogen functional groups attached to an aromatic ring is 1. The minimum Gasteiger partial charge on any atom is -0.399 e. The van der Waals surface area contributed by atoms with Crippen LogP contribution in [0.15, 0.2) is 77.2 Å². The average molecular weight is 636 g/mol. The van der Waals surface area contributed by atoms with Gasteiger partial charge in [0.05, 0.1) is 12.2 Å². The van der Waals surface area contributed by atoms with Crippen LogP contribution in [-0.2, 0) is 24.8 Å². The highest BCUT2D eigenvalue weighted by molar-refractivity contribution is 7.98. The molecule has 0 aromatic heterocycles. The summed E-state index contributed by atoms with van der Waals surface area (Å²) in [5.74, 6) is -0.778. The van der Waals surface area contributed by atoms with Crippen molar-refractivity contribution in [1.82, 2.24) is 0 Å². The Morgan fingerprint density at radius 1 is 1.18 bits per heavy atom. The van der Waals surface area contributed by atoms with Crippen LogP contribution in [0.5, 0.6) is 0 Å². The summed E-state index contributed by atoms with van der Waals surface area (Å²) in [6.07, 6.45) is 3.95. The molecule has 3 aliphatic carbocycles. The number of hydrogen-bond acceptors (Lipinski definition) is 8. The number of hydrogen-bond donors (Lipinski definition) is 3. The number of ether oxygens (including phenoxy) is 2. The summed E-state index contributed by atoms with van der Waals surface area (Å²) >= 11 is 1.68. The van der Waals surface area contributed by atoms with Gasteiger partial charge in [0.1, 0.15) is 12.3 Å². The van der Waals surface area contributed by atoms with E-state index in [9.17, 15) is 19.8 Å². The van der Waals surface area contributed by atoms with E-state index in [-0.39, 0.29) is 24.5 Å². The maximum Gasteiger partial charge on any atom is 0.193 e. The van der Waals surface area contributed by atoms with Gasteiger partial charge in [-0.25, -0.2) is 4.39 Å². The minimum absolute atomic E-state index is 0.0138. The number of aliphatic hydroxyl groups is 2. The van der Waals surface area contributed by atoms with Crippen molar-refractivity contribution in [3.63, 3.8) is 0 Å². The topological polar surface area (TPSA) is 119 Å². The van der Waals surface area contributed by atoms with E-state index in [1.54, 1.807) is 17.8 Å². The third-order valence-electron chi connectivity index (χ3n) is 10.7. The first-order valence-electron chi connectivity index (χ1n) is 15.9. The third-order valence-corrected chi connectivity index (χ3v) is 11.7. The molecule has 1 heterocycles. The van der Waals surface area contributed by atoms with Crippen LogP contribution in [0.4, 0.5) is 10.1 Å². The van der Waals surface area contributed by atoms with E-state index < -0.39 is 53.5 Å². The number of carbonyl (C=O) groups excluding carboxylic acids is 2. The van der Waals surface area contributed by atoms with E-state index in [0.29, 0.717) is 24.8 Å². The molecule has 4 fully saturated rings. The van der Waals surface area contributed by atoms with Crippen molar-refractivity contribution in [2.45, 2.75) is 92.8 Å². The molecule has 9 heteroatoms. The summed E-state index contributed by atoms with van der Waals surface area (Å²) < 4.78 is 29.9. The van der Waals surface area contributed by atoms with Crippen LogP contribution in [0.25, 0.3) is 0 Å². The molecule has 1 aliphatic heterocycles. The largest absolute Gasteiger partial charge is 0.399 e. The Kier molecular flexibility index (Phi) is 8.86. The first-order chi connectivity index (χ1) is 21.5. The predicted octanol–water partition coefficient (Wildman–Crippen LogP) is 6.04. The van der Waals surface area contributed by atoms with E-state index in [4.69, 9.17) is 15.2 Å². The Labute approximate surface area is 268 Å². The zero-order chi connectivity index (χ0) is 32.0. The number of allylic oxidation sites excluding steroid dienone is 4. The molecule has 0 spiro atoms. The summed E-state index contributed by atoms with van der Waals surface area (Å²) in [5, 5.41) is 21.6. The second kappa shape index (κ2) is 12.4. The van der Waals surface area contributed by atoms with Gasteiger partial charge in [-0.15, -0.1) is 11.8 Å².